The number of pyridine rings is 1. The third-order valence-corrected chi connectivity index (χ3v) is 2.79. The third kappa shape index (κ3) is 2.68. The summed E-state index contributed by atoms with van der Waals surface area (Å²) in [6, 6.07) is 4.15. The molecule has 1 aromatic carbocycles. The number of carbonyl (C=O) groups is 1. The Labute approximate surface area is 112 Å². The van der Waals surface area contributed by atoms with Crippen LogP contribution in [0.15, 0.2) is 36.7 Å². The summed E-state index contributed by atoms with van der Waals surface area (Å²) >= 11 is 0. The van der Waals surface area contributed by atoms with Gasteiger partial charge in [0.15, 0.2) is 5.78 Å². The molecule has 2 nitrogen and oxygen atoms in total. The molecule has 1 heterocycles. The lowest BCUT2D eigenvalue weighted by Gasteiger charge is -2.11. The van der Waals surface area contributed by atoms with Crippen LogP contribution in [0, 0.1) is 12.7 Å². The summed E-state index contributed by atoms with van der Waals surface area (Å²) in [6.07, 6.45) is -2.82. The van der Waals surface area contributed by atoms with Crippen LogP contribution in [-0.2, 0) is 6.18 Å². The monoisotopic (exact) mass is 283 g/mol. The first-order valence-corrected chi connectivity index (χ1v) is 5.63. The average Bonchev–Trinajstić information content (AvgIpc) is 2.40. The molecule has 0 aliphatic rings. The maximum absolute atomic E-state index is 13.1. The number of aromatic nitrogens is 1. The van der Waals surface area contributed by atoms with E-state index in [9.17, 15) is 22.4 Å². The highest BCUT2D eigenvalue weighted by atomic mass is 19.4. The van der Waals surface area contributed by atoms with Crippen LogP contribution in [0.5, 0.6) is 0 Å². The molecule has 0 aliphatic heterocycles. The average molecular weight is 283 g/mol. The lowest BCUT2D eigenvalue weighted by atomic mass is 9.99. The zero-order valence-electron chi connectivity index (χ0n) is 10.3. The Kier molecular flexibility index (Phi) is 3.57. The Balaban J connectivity index is 2.51. The molecule has 2 aromatic rings. The number of benzene rings is 1. The normalized spacial score (nSPS) is 11.4. The first-order chi connectivity index (χ1) is 9.30. The van der Waals surface area contributed by atoms with Crippen molar-refractivity contribution in [1.82, 2.24) is 4.98 Å². The molecule has 1 aromatic heterocycles. The summed E-state index contributed by atoms with van der Waals surface area (Å²) < 4.78 is 51.6. The van der Waals surface area contributed by atoms with E-state index in [0.29, 0.717) is 0 Å². The van der Waals surface area contributed by atoms with Crippen LogP contribution in [0.2, 0.25) is 0 Å². The largest absolute Gasteiger partial charge is 0.417 e. The first kappa shape index (κ1) is 14.2. The van der Waals surface area contributed by atoms with E-state index in [0.717, 1.165) is 30.6 Å². The van der Waals surface area contributed by atoms with Gasteiger partial charge in [0.2, 0.25) is 0 Å². The minimum atomic E-state index is -4.65. The molecule has 6 heteroatoms. The molecular weight excluding hydrogens is 274 g/mol. The zero-order valence-corrected chi connectivity index (χ0v) is 10.3. The number of hydrogen-bond acceptors (Lipinski definition) is 2. The Bertz CT molecular complexity index is 664. The van der Waals surface area contributed by atoms with E-state index in [1.54, 1.807) is 0 Å². The fourth-order valence-corrected chi connectivity index (χ4v) is 1.76. The SMILES string of the molecule is Cc1cc(C(=O)c2cnccc2C(F)(F)F)ccc1F. The van der Waals surface area contributed by atoms with Gasteiger partial charge in [-0.1, -0.05) is 0 Å². The van der Waals surface area contributed by atoms with Gasteiger partial charge in [-0.05, 0) is 36.8 Å². The second kappa shape index (κ2) is 5.03. The molecule has 0 amide bonds. The second-order valence-corrected chi connectivity index (χ2v) is 4.21. The van der Waals surface area contributed by atoms with Gasteiger partial charge in [-0.3, -0.25) is 9.78 Å². The summed E-state index contributed by atoms with van der Waals surface area (Å²) in [5, 5.41) is 0. The predicted octanol–water partition coefficient (Wildman–Crippen LogP) is 3.78. The number of rotatable bonds is 2. The van der Waals surface area contributed by atoms with E-state index in [1.807, 2.05) is 0 Å². The highest BCUT2D eigenvalue weighted by molar-refractivity contribution is 6.09. The van der Waals surface area contributed by atoms with Crippen molar-refractivity contribution in [2.45, 2.75) is 13.1 Å². The first-order valence-electron chi connectivity index (χ1n) is 5.63. The van der Waals surface area contributed by atoms with E-state index in [2.05, 4.69) is 4.98 Å². The van der Waals surface area contributed by atoms with Crippen molar-refractivity contribution in [3.63, 3.8) is 0 Å². The second-order valence-electron chi connectivity index (χ2n) is 4.21. The van der Waals surface area contributed by atoms with E-state index >= 15 is 0 Å². The molecular formula is C14H9F4NO. The number of halogens is 4. The van der Waals surface area contributed by atoms with Crippen molar-refractivity contribution in [3.8, 4) is 0 Å². The molecule has 0 bridgehead atoms. The smallest absolute Gasteiger partial charge is 0.289 e. The van der Waals surface area contributed by atoms with Gasteiger partial charge in [0.05, 0.1) is 11.1 Å². The van der Waals surface area contributed by atoms with Crippen LogP contribution in [-0.4, -0.2) is 10.8 Å². The van der Waals surface area contributed by atoms with E-state index < -0.39 is 28.9 Å². The summed E-state index contributed by atoms with van der Waals surface area (Å²) in [5.74, 6) is -1.36. The minimum absolute atomic E-state index is 0.0117. The standard InChI is InChI=1S/C14H9F4NO/c1-8-6-9(2-3-12(8)15)13(20)10-7-19-5-4-11(10)14(16,17)18/h2-7H,1H3. The number of aryl methyl sites for hydroxylation is 1. The molecule has 0 atom stereocenters. The van der Waals surface area contributed by atoms with Gasteiger partial charge >= 0.3 is 6.18 Å². The maximum atomic E-state index is 13.1. The molecule has 0 spiro atoms. The molecule has 0 saturated heterocycles. The molecule has 0 radical (unpaired) electrons. The van der Waals surface area contributed by atoms with Crippen LogP contribution < -0.4 is 0 Å². The lowest BCUT2D eigenvalue weighted by molar-refractivity contribution is -0.137. The van der Waals surface area contributed by atoms with Gasteiger partial charge in [-0.2, -0.15) is 13.2 Å². The molecule has 20 heavy (non-hydrogen) atoms. The Hall–Kier alpha value is -2.24. The van der Waals surface area contributed by atoms with Crippen LogP contribution in [0.4, 0.5) is 17.6 Å². The molecule has 2 rings (SSSR count). The highest BCUT2D eigenvalue weighted by Gasteiger charge is 2.35. The van der Waals surface area contributed by atoms with Gasteiger partial charge in [0, 0.05) is 18.0 Å². The summed E-state index contributed by atoms with van der Waals surface area (Å²) in [5.41, 5.74) is -1.43. The minimum Gasteiger partial charge on any atom is -0.289 e. The van der Waals surface area contributed by atoms with Crippen molar-refractivity contribution in [2.24, 2.45) is 0 Å². The highest BCUT2D eigenvalue weighted by Crippen LogP contribution is 2.32. The molecule has 0 aliphatic carbocycles. The van der Waals surface area contributed by atoms with Gasteiger partial charge in [-0.15, -0.1) is 0 Å². The zero-order chi connectivity index (χ0) is 14.9. The van der Waals surface area contributed by atoms with Crippen LogP contribution >= 0.6 is 0 Å². The number of hydrogen-bond donors (Lipinski definition) is 0. The molecule has 0 unspecified atom stereocenters. The van der Waals surface area contributed by atoms with Crippen molar-refractivity contribution < 1.29 is 22.4 Å². The topological polar surface area (TPSA) is 30.0 Å². The number of nitrogens with zero attached hydrogens (tertiary/aromatic N) is 1. The molecule has 0 saturated carbocycles. The Morgan fingerprint density at radius 2 is 1.90 bits per heavy atom. The molecule has 0 N–H and O–H groups in total. The van der Waals surface area contributed by atoms with Crippen LogP contribution in [0.3, 0.4) is 0 Å². The van der Waals surface area contributed by atoms with E-state index in [4.69, 9.17) is 0 Å². The maximum Gasteiger partial charge on any atom is 0.417 e. The quantitative estimate of drug-likeness (QED) is 0.620. The summed E-state index contributed by atoms with van der Waals surface area (Å²) in [6.45, 7) is 1.43. The van der Waals surface area contributed by atoms with Gasteiger partial charge in [0.1, 0.15) is 5.82 Å². The van der Waals surface area contributed by atoms with Gasteiger partial charge in [0.25, 0.3) is 0 Å². The molecule has 0 fully saturated rings. The number of alkyl halides is 3. The fourth-order valence-electron chi connectivity index (χ4n) is 1.76. The van der Waals surface area contributed by atoms with Crippen molar-refractivity contribution in [2.75, 3.05) is 0 Å². The summed E-state index contributed by atoms with van der Waals surface area (Å²) in [7, 11) is 0. The lowest BCUT2D eigenvalue weighted by Crippen LogP contribution is -2.14. The van der Waals surface area contributed by atoms with Gasteiger partial charge < -0.3 is 0 Å². The molecule has 104 valence electrons. The van der Waals surface area contributed by atoms with Crippen molar-refractivity contribution in [3.05, 3.63) is 64.7 Å². The van der Waals surface area contributed by atoms with E-state index in [1.165, 1.54) is 13.0 Å². The number of carbonyl (C=O) groups excluding carboxylic acids is 1. The fraction of sp³-hybridized carbons (Fsp3) is 0.143. The summed E-state index contributed by atoms with van der Waals surface area (Å²) in [4.78, 5) is 15.7. The van der Waals surface area contributed by atoms with Crippen LogP contribution in [0.25, 0.3) is 0 Å². The number of ketones is 1. The van der Waals surface area contributed by atoms with Gasteiger partial charge in [-0.25, -0.2) is 4.39 Å². The Morgan fingerprint density at radius 1 is 1.20 bits per heavy atom. The van der Waals surface area contributed by atoms with Crippen molar-refractivity contribution in [1.29, 1.82) is 0 Å². The van der Waals surface area contributed by atoms with Crippen LogP contribution in [0.1, 0.15) is 27.0 Å². The third-order valence-electron chi connectivity index (χ3n) is 2.79. The predicted molar refractivity (Wildman–Crippen MR) is 63.8 cm³/mol. The van der Waals surface area contributed by atoms with Crippen molar-refractivity contribution >= 4 is 5.78 Å². The van der Waals surface area contributed by atoms with E-state index in [-0.39, 0.29) is 11.1 Å². The Morgan fingerprint density at radius 3 is 2.50 bits per heavy atom.